The molecule has 3 N–H and O–H groups in total. The Morgan fingerprint density at radius 1 is 1.37 bits per heavy atom. The number of amides is 1. The number of carbonyl (C=O) groups is 1. The van der Waals surface area contributed by atoms with Gasteiger partial charge in [-0.2, -0.15) is 0 Å². The molecule has 0 unspecified atom stereocenters. The molecule has 6 heteroatoms. The average molecular weight is 268 g/mol. The fraction of sp³-hybridized carbons (Fsp3) is 0.462. The largest absolute Gasteiger partial charge is 0.495 e. The Hall–Kier alpha value is -1.79. The van der Waals surface area contributed by atoms with Gasteiger partial charge in [0.15, 0.2) is 0 Å². The van der Waals surface area contributed by atoms with Crippen LogP contribution in [0.3, 0.4) is 0 Å². The summed E-state index contributed by atoms with van der Waals surface area (Å²) in [7, 11) is 3.05. The van der Waals surface area contributed by atoms with Crippen molar-refractivity contribution in [2.75, 3.05) is 46.3 Å². The van der Waals surface area contributed by atoms with Crippen LogP contribution in [0.1, 0.15) is 10.4 Å². The van der Waals surface area contributed by atoms with E-state index in [1.807, 2.05) is 0 Å². The van der Waals surface area contributed by atoms with Gasteiger partial charge in [0.1, 0.15) is 5.75 Å². The maximum atomic E-state index is 12.4. The molecule has 0 spiro atoms. The molecule has 0 saturated carbocycles. The lowest BCUT2D eigenvalue weighted by molar-refractivity contribution is 0.0657. The molecule has 1 amide bonds. The summed E-state index contributed by atoms with van der Waals surface area (Å²) in [4.78, 5) is 13.8. The Kier molecular flexibility index (Phi) is 6.11. The first kappa shape index (κ1) is 15.3. The molecule has 1 aromatic rings. The summed E-state index contributed by atoms with van der Waals surface area (Å²) in [5.74, 6) is 0.212. The van der Waals surface area contributed by atoms with Crippen LogP contribution < -0.4 is 10.5 Å². The van der Waals surface area contributed by atoms with Crippen molar-refractivity contribution in [2.45, 2.75) is 0 Å². The number of hydrogen-bond acceptors (Lipinski definition) is 5. The molecule has 19 heavy (non-hydrogen) atoms. The van der Waals surface area contributed by atoms with Crippen LogP contribution in [-0.4, -0.2) is 56.4 Å². The third kappa shape index (κ3) is 3.84. The molecule has 0 bridgehead atoms. The summed E-state index contributed by atoms with van der Waals surface area (Å²) in [6.07, 6.45) is 0. The highest BCUT2D eigenvalue weighted by Gasteiger charge is 2.19. The smallest absolute Gasteiger partial charge is 0.256 e. The van der Waals surface area contributed by atoms with Crippen molar-refractivity contribution in [3.05, 3.63) is 23.8 Å². The zero-order valence-corrected chi connectivity index (χ0v) is 11.3. The molecule has 0 heterocycles. The van der Waals surface area contributed by atoms with E-state index in [4.69, 9.17) is 20.3 Å². The van der Waals surface area contributed by atoms with Gasteiger partial charge in [0.25, 0.3) is 5.91 Å². The van der Waals surface area contributed by atoms with E-state index in [9.17, 15) is 4.79 Å². The molecule has 0 aliphatic rings. The first-order valence-electron chi connectivity index (χ1n) is 5.97. The topological polar surface area (TPSA) is 85.0 Å². The minimum atomic E-state index is -0.248. The van der Waals surface area contributed by atoms with Crippen LogP contribution in [0.2, 0.25) is 0 Å². The Balaban J connectivity index is 2.95. The third-order valence-corrected chi connectivity index (χ3v) is 2.74. The van der Waals surface area contributed by atoms with E-state index in [-0.39, 0.29) is 19.1 Å². The van der Waals surface area contributed by atoms with Gasteiger partial charge in [0, 0.05) is 20.2 Å². The monoisotopic (exact) mass is 268 g/mol. The van der Waals surface area contributed by atoms with E-state index in [1.165, 1.54) is 12.0 Å². The highest BCUT2D eigenvalue weighted by Crippen LogP contribution is 2.25. The standard InChI is InChI=1S/C13H20N2O4/c1-18-9-7-15(6-8-16)13(17)10-4-3-5-11(19-2)12(10)14/h3-5,16H,6-9,14H2,1-2H3. The molecule has 6 nitrogen and oxygen atoms in total. The minimum absolute atomic E-state index is 0.112. The van der Waals surface area contributed by atoms with Crippen LogP contribution in [0.5, 0.6) is 5.75 Å². The number of hydrogen-bond donors (Lipinski definition) is 2. The van der Waals surface area contributed by atoms with Crippen molar-refractivity contribution in [2.24, 2.45) is 0 Å². The van der Waals surface area contributed by atoms with Crippen molar-refractivity contribution < 1.29 is 19.4 Å². The Bertz CT molecular complexity index is 423. The lowest BCUT2D eigenvalue weighted by Crippen LogP contribution is -2.36. The molecule has 0 radical (unpaired) electrons. The molecule has 1 rings (SSSR count). The minimum Gasteiger partial charge on any atom is -0.495 e. The van der Waals surface area contributed by atoms with Crippen molar-refractivity contribution >= 4 is 11.6 Å². The van der Waals surface area contributed by atoms with E-state index >= 15 is 0 Å². The van der Waals surface area contributed by atoms with E-state index in [0.717, 1.165) is 0 Å². The SMILES string of the molecule is COCCN(CCO)C(=O)c1cccc(OC)c1N. The van der Waals surface area contributed by atoms with Crippen LogP contribution >= 0.6 is 0 Å². The maximum Gasteiger partial charge on any atom is 0.256 e. The molecule has 1 aromatic carbocycles. The lowest BCUT2D eigenvalue weighted by atomic mass is 10.1. The molecular formula is C13H20N2O4. The number of anilines is 1. The van der Waals surface area contributed by atoms with Gasteiger partial charge in [-0.1, -0.05) is 6.07 Å². The second-order valence-electron chi connectivity index (χ2n) is 3.93. The van der Waals surface area contributed by atoms with Crippen molar-refractivity contribution in [3.8, 4) is 5.75 Å². The van der Waals surface area contributed by atoms with Crippen LogP contribution in [0.25, 0.3) is 0 Å². The zero-order chi connectivity index (χ0) is 14.3. The molecular weight excluding hydrogens is 248 g/mol. The fourth-order valence-corrected chi connectivity index (χ4v) is 1.72. The number of aliphatic hydroxyl groups is 1. The lowest BCUT2D eigenvalue weighted by Gasteiger charge is -2.22. The fourth-order valence-electron chi connectivity index (χ4n) is 1.72. The second-order valence-corrected chi connectivity index (χ2v) is 3.93. The number of rotatable bonds is 7. The number of benzene rings is 1. The normalized spacial score (nSPS) is 10.3. The Morgan fingerprint density at radius 2 is 2.11 bits per heavy atom. The van der Waals surface area contributed by atoms with Crippen molar-refractivity contribution in [1.82, 2.24) is 4.90 Å². The average Bonchev–Trinajstić information content (AvgIpc) is 2.43. The number of aliphatic hydroxyl groups excluding tert-OH is 1. The van der Waals surface area contributed by atoms with Crippen molar-refractivity contribution in [3.63, 3.8) is 0 Å². The van der Waals surface area contributed by atoms with E-state index in [2.05, 4.69) is 0 Å². The van der Waals surface area contributed by atoms with Crippen LogP contribution in [-0.2, 0) is 4.74 Å². The third-order valence-electron chi connectivity index (χ3n) is 2.74. The highest BCUT2D eigenvalue weighted by atomic mass is 16.5. The van der Waals surface area contributed by atoms with Gasteiger partial charge in [-0.15, -0.1) is 0 Å². The molecule has 0 aromatic heterocycles. The van der Waals surface area contributed by atoms with Crippen LogP contribution in [0.15, 0.2) is 18.2 Å². The molecule has 0 aliphatic carbocycles. The Labute approximate surface area is 112 Å². The number of carbonyl (C=O) groups excluding carboxylic acids is 1. The number of nitrogens with two attached hydrogens (primary N) is 1. The molecule has 0 saturated heterocycles. The van der Waals surface area contributed by atoms with Crippen LogP contribution in [0.4, 0.5) is 5.69 Å². The van der Waals surface area contributed by atoms with Gasteiger partial charge in [-0.3, -0.25) is 4.79 Å². The molecule has 0 aliphatic heterocycles. The van der Waals surface area contributed by atoms with Gasteiger partial charge in [0.2, 0.25) is 0 Å². The van der Waals surface area contributed by atoms with Gasteiger partial charge in [0.05, 0.1) is 31.6 Å². The summed E-state index contributed by atoms with van der Waals surface area (Å²) in [6, 6.07) is 5.03. The van der Waals surface area contributed by atoms with E-state index in [0.29, 0.717) is 30.2 Å². The predicted molar refractivity (Wildman–Crippen MR) is 72.3 cm³/mol. The zero-order valence-electron chi connectivity index (χ0n) is 11.3. The van der Waals surface area contributed by atoms with Gasteiger partial charge in [-0.05, 0) is 12.1 Å². The Morgan fingerprint density at radius 3 is 2.68 bits per heavy atom. The number of para-hydroxylation sites is 1. The van der Waals surface area contributed by atoms with Gasteiger partial charge < -0.3 is 25.2 Å². The summed E-state index contributed by atoms with van der Waals surface area (Å²) >= 11 is 0. The summed E-state index contributed by atoms with van der Waals surface area (Å²) in [6.45, 7) is 0.917. The van der Waals surface area contributed by atoms with E-state index < -0.39 is 0 Å². The highest BCUT2D eigenvalue weighted by molar-refractivity contribution is 6.00. The van der Waals surface area contributed by atoms with Gasteiger partial charge >= 0.3 is 0 Å². The summed E-state index contributed by atoms with van der Waals surface area (Å²) in [5.41, 5.74) is 6.56. The first-order valence-corrected chi connectivity index (χ1v) is 5.97. The summed E-state index contributed by atoms with van der Waals surface area (Å²) in [5, 5.41) is 9.01. The van der Waals surface area contributed by atoms with E-state index in [1.54, 1.807) is 25.3 Å². The molecule has 0 fully saturated rings. The van der Waals surface area contributed by atoms with Crippen molar-refractivity contribution in [1.29, 1.82) is 0 Å². The maximum absolute atomic E-state index is 12.4. The number of ether oxygens (including phenoxy) is 2. The molecule has 106 valence electrons. The second kappa shape index (κ2) is 7.60. The summed E-state index contributed by atoms with van der Waals surface area (Å²) < 4.78 is 10.0. The number of nitrogens with zero attached hydrogens (tertiary/aromatic N) is 1. The van der Waals surface area contributed by atoms with Crippen LogP contribution in [0, 0.1) is 0 Å². The first-order chi connectivity index (χ1) is 9.15. The number of methoxy groups -OCH3 is 2. The molecule has 0 atom stereocenters. The predicted octanol–water partition coefficient (Wildman–Crippen LogP) is 0.358. The quantitative estimate of drug-likeness (QED) is 0.697. The number of nitrogen functional groups attached to an aromatic ring is 1. The van der Waals surface area contributed by atoms with Gasteiger partial charge in [-0.25, -0.2) is 0 Å².